The van der Waals surface area contributed by atoms with Gasteiger partial charge >= 0.3 is 0 Å². The SMILES string of the molecule is Cc1cc(N2CCC3(CCN(Cc4cnc(NC=O)s4)C3)C2)nc(C)n1. The van der Waals surface area contributed by atoms with Gasteiger partial charge in [-0.1, -0.05) is 0 Å². The van der Waals surface area contributed by atoms with Crippen LogP contribution in [0.4, 0.5) is 10.9 Å². The summed E-state index contributed by atoms with van der Waals surface area (Å²) in [5.74, 6) is 1.91. The van der Waals surface area contributed by atoms with E-state index in [1.807, 2.05) is 20.0 Å². The highest BCUT2D eigenvalue weighted by molar-refractivity contribution is 7.15. The summed E-state index contributed by atoms with van der Waals surface area (Å²) in [5.41, 5.74) is 1.40. The van der Waals surface area contributed by atoms with E-state index in [4.69, 9.17) is 0 Å². The van der Waals surface area contributed by atoms with Gasteiger partial charge in [-0.15, -0.1) is 11.3 Å². The van der Waals surface area contributed by atoms with E-state index in [1.54, 1.807) is 11.3 Å². The number of anilines is 2. The second-order valence-electron chi connectivity index (χ2n) is 7.44. The molecule has 8 heteroatoms. The highest BCUT2D eigenvalue weighted by atomic mass is 32.1. The molecule has 0 aromatic carbocycles. The Morgan fingerprint density at radius 3 is 2.92 bits per heavy atom. The van der Waals surface area contributed by atoms with Crippen molar-refractivity contribution in [3.63, 3.8) is 0 Å². The molecule has 26 heavy (non-hydrogen) atoms. The lowest BCUT2D eigenvalue weighted by atomic mass is 9.86. The molecule has 7 nitrogen and oxygen atoms in total. The van der Waals surface area contributed by atoms with Gasteiger partial charge in [-0.3, -0.25) is 9.69 Å². The first-order chi connectivity index (χ1) is 12.5. The fourth-order valence-corrected chi connectivity index (χ4v) is 5.02. The zero-order valence-electron chi connectivity index (χ0n) is 15.2. The van der Waals surface area contributed by atoms with Gasteiger partial charge in [0.25, 0.3) is 0 Å². The molecule has 1 amide bonds. The number of rotatable bonds is 5. The van der Waals surface area contributed by atoms with Gasteiger partial charge in [0.2, 0.25) is 6.41 Å². The Hall–Kier alpha value is -2.06. The molecule has 2 aromatic heterocycles. The minimum Gasteiger partial charge on any atom is -0.356 e. The van der Waals surface area contributed by atoms with Crippen molar-refractivity contribution in [1.29, 1.82) is 0 Å². The summed E-state index contributed by atoms with van der Waals surface area (Å²) in [6.07, 6.45) is 4.99. The molecule has 4 rings (SSSR count). The summed E-state index contributed by atoms with van der Waals surface area (Å²) in [4.78, 5) is 29.9. The van der Waals surface area contributed by atoms with E-state index in [2.05, 4.69) is 36.1 Å². The Morgan fingerprint density at radius 2 is 2.12 bits per heavy atom. The predicted octanol–water partition coefficient (Wildman–Crippen LogP) is 2.22. The van der Waals surface area contributed by atoms with E-state index in [1.165, 1.54) is 17.7 Å². The third-order valence-corrected chi connectivity index (χ3v) is 6.26. The van der Waals surface area contributed by atoms with E-state index >= 15 is 0 Å². The van der Waals surface area contributed by atoms with E-state index in [0.717, 1.165) is 50.1 Å². The first-order valence-electron chi connectivity index (χ1n) is 9.00. The van der Waals surface area contributed by atoms with E-state index in [-0.39, 0.29) is 0 Å². The first kappa shape index (κ1) is 17.4. The van der Waals surface area contributed by atoms with Crippen LogP contribution in [0.3, 0.4) is 0 Å². The molecule has 0 bridgehead atoms. The standard InChI is InChI=1S/C18H24N6OS/c1-13-7-16(22-14(2)21-13)24-6-4-18(11-24)3-5-23(10-18)9-15-8-19-17(26-15)20-12-25/h7-8,12H,3-6,9-11H2,1-2H3,(H,19,20,25). The molecule has 0 saturated carbocycles. The molecule has 2 aliphatic rings. The molecule has 1 N–H and O–H groups in total. The third-order valence-electron chi connectivity index (χ3n) is 5.35. The second-order valence-corrected chi connectivity index (χ2v) is 8.56. The average Bonchev–Trinajstić information content (AvgIpc) is 3.30. The van der Waals surface area contributed by atoms with Crippen LogP contribution in [0.1, 0.15) is 29.2 Å². The molecular formula is C18H24N6OS. The number of amides is 1. The molecule has 1 atom stereocenters. The predicted molar refractivity (Wildman–Crippen MR) is 102 cm³/mol. The highest BCUT2D eigenvalue weighted by Gasteiger charge is 2.43. The molecule has 4 heterocycles. The van der Waals surface area contributed by atoms with Crippen molar-refractivity contribution in [3.8, 4) is 0 Å². The Morgan fingerprint density at radius 1 is 1.27 bits per heavy atom. The quantitative estimate of drug-likeness (QED) is 0.811. The van der Waals surface area contributed by atoms with Crippen LogP contribution in [0.15, 0.2) is 12.3 Å². The number of likely N-dealkylation sites (tertiary alicyclic amines) is 1. The molecule has 138 valence electrons. The minimum atomic E-state index is 0.362. The third kappa shape index (κ3) is 3.57. The van der Waals surface area contributed by atoms with Gasteiger partial charge in [-0.25, -0.2) is 15.0 Å². The van der Waals surface area contributed by atoms with Gasteiger partial charge in [0.1, 0.15) is 11.6 Å². The molecule has 0 radical (unpaired) electrons. The van der Waals surface area contributed by atoms with Crippen molar-refractivity contribution < 1.29 is 4.79 Å². The molecule has 2 fully saturated rings. The van der Waals surface area contributed by atoms with Crippen LogP contribution in [0, 0.1) is 19.3 Å². The van der Waals surface area contributed by atoms with Gasteiger partial charge in [0.05, 0.1) is 0 Å². The van der Waals surface area contributed by atoms with Crippen molar-refractivity contribution >= 4 is 28.7 Å². The Balaban J connectivity index is 1.39. The van der Waals surface area contributed by atoms with Crippen LogP contribution in [0.25, 0.3) is 0 Å². The van der Waals surface area contributed by atoms with Crippen molar-refractivity contribution in [2.75, 3.05) is 36.4 Å². The van der Waals surface area contributed by atoms with Gasteiger partial charge in [-0.2, -0.15) is 0 Å². The van der Waals surface area contributed by atoms with Crippen LogP contribution < -0.4 is 10.2 Å². The van der Waals surface area contributed by atoms with E-state index in [0.29, 0.717) is 17.0 Å². The lowest BCUT2D eigenvalue weighted by Crippen LogP contribution is -2.31. The zero-order valence-corrected chi connectivity index (χ0v) is 16.1. The number of thiazole rings is 1. The van der Waals surface area contributed by atoms with E-state index in [9.17, 15) is 4.79 Å². The average molecular weight is 372 g/mol. The largest absolute Gasteiger partial charge is 0.356 e. The van der Waals surface area contributed by atoms with E-state index < -0.39 is 0 Å². The second kappa shape index (κ2) is 6.92. The summed E-state index contributed by atoms with van der Waals surface area (Å²) in [5, 5.41) is 3.30. The highest BCUT2D eigenvalue weighted by Crippen LogP contribution is 2.41. The Bertz CT molecular complexity index is 788. The van der Waals surface area contributed by atoms with Gasteiger partial charge in [-0.05, 0) is 33.2 Å². The molecular weight excluding hydrogens is 348 g/mol. The maximum atomic E-state index is 10.5. The number of aromatic nitrogens is 3. The van der Waals surface area contributed by atoms with Crippen LogP contribution in [0.5, 0.6) is 0 Å². The summed E-state index contributed by atoms with van der Waals surface area (Å²) < 4.78 is 0. The molecule has 1 spiro atoms. The number of carbonyl (C=O) groups excluding carboxylic acids is 1. The number of hydrogen-bond donors (Lipinski definition) is 1. The lowest BCUT2D eigenvalue weighted by Gasteiger charge is -2.25. The van der Waals surface area contributed by atoms with Gasteiger partial charge < -0.3 is 10.2 Å². The molecule has 2 aromatic rings. The molecule has 0 aliphatic carbocycles. The summed E-state index contributed by atoms with van der Waals surface area (Å²) in [7, 11) is 0. The normalized spacial score (nSPS) is 23.1. The van der Waals surface area contributed by atoms with Crippen molar-refractivity contribution in [2.24, 2.45) is 5.41 Å². The smallest absolute Gasteiger partial charge is 0.213 e. The van der Waals surface area contributed by atoms with Crippen LogP contribution >= 0.6 is 11.3 Å². The number of nitrogens with zero attached hydrogens (tertiary/aromatic N) is 5. The molecule has 1 unspecified atom stereocenters. The van der Waals surface area contributed by atoms with Crippen molar-refractivity contribution in [2.45, 2.75) is 33.2 Å². The monoisotopic (exact) mass is 372 g/mol. The summed E-state index contributed by atoms with van der Waals surface area (Å²) in [6.45, 7) is 9.26. The van der Waals surface area contributed by atoms with Crippen LogP contribution in [-0.4, -0.2) is 52.4 Å². The maximum absolute atomic E-state index is 10.5. The zero-order chi connectivity index (χ0) is 18.1. The van der Waals surface area contributed by atoms with Gasteiger partial charge in [0, 0.05) is 54.4 Å². The fraction of sp³-hybridized carbons (Fsp3) is 0.556. The lowest BCUT2D eigenvalue weighted by molar-refractivity contribution is -0.105. The topological polar surface area (TPSA) is 74.2 Å². The van der Waals surface area contributed by atoms with Crippen LogP contribution in [0.2, 0.25) is 0 Å². The number of carbonyl (C=O) groups is 1. The minimum absolute atomic E-state index is 0.362. The Labute approximate surface area is 157 Å². The maximum Gasteiger partial charge on any atom is 0.213 e. The van der Waals surface area contributed by atoms with Crippen LogP contribution in [-0.2, 0) is 11.3 Å². The first-order valence-corrected chi connectivity index (χ1v) is 9.81. The number of aryl methyl sites for hydroxylation is 2. The van der Waals surface area contributed by atoms with Crippen molar-refractivity contribution in [1.82, 2.24) is 19.9 Å². The van der Waals surface area contributed by atoms with Crippen molar-refractivity contribution in [3.05, 3.63) is 28.7 Å². The number of nitrogens with one attached hydrogen (secondary N) is 1. The molecule has 2 aliphatic heterocycles. The fourth-order valence-electron chi connectivity index (χ4n) is 4.20. The number of hydrogen-bond acceptors (Lipinski definition) is 7. The van der Waals surface area contributed by atoms with Gasteiger partial charge in [0.15, 0.2) is 5.13 Å². The summed E-state index contributed by atoms with van der Waals surface area (Å²) in [6, 6.07) is 2.09. The summed E-state index contributed by atoms with van der Waals surface area (Å²) >= 11 is 1.55. The molecule has 2 saturated heterocycles. The Kier molecular flexibility index (Phi) is 4.62.